The van der Waals surface area contributed by atoms with Crippen molar-refractivity contribution in [1.82, 2.24) is 0 Å². The van der Waals surface area contributed by atoms with Gasteiger partial charge in [-0.25, -0.2) is 0 Å². The second-order valence-corrected chi connectivity index (χ2v) is 4.14. The van der Waals surface area contributed by atoms with Crippen molar-refractivity contribution in [3.8, 4) is 5.75 Å². The second-order valence-electron chi connectivity index (χ2n) is 4.14. The smallest absolute Gasteiger partial charge is 0.126 e. The van der Waals surface area contributed by atoms with E-state index in [4.69, 9.17) is 4.74 Å². The molecule has 2 aromatic rings. The SMILES string of the molecule is C=C(C)Oc1ccc(/C=N/N=Nc2ccccc2)cc1. The van der Waals surface area contributed by atoms with Crippen molar-refractivity contribution >= 4 is 11.9 Å². The number of ether oxygens (including phenoxy) is 1. The molecule has 0 saturated carbocycles. The monoisotopic (exact) mass is 265 g/mol. The second kappa shape index (κ2) is 6.99. The fourth-order valence-corrected chi connectivity index (χ4v) is 1.49. The van der Waals surface area contributed by atoms with E-state index in [1.54, 1.807) is 13.1 Å². The third-order valence-electron chi connectivity index (χ3n) is 2.35. The van der Waals surface area contributed by atoms with Gasteiger partial charge in [-0.2, -0.15) is 0 Å². The summed E-state index contributed by atoms with van der Waals surface area (Å²) < 4.78 is 5.37. The average Bonchev–Trinajstić information content (AvgIpc) is 2.46. The van der Waals surface area contributed by atoms with Crippen LogP contribution in [0.3, 0.4) is 0 Å². The molecule has 100 valence electrons. The molecule has 0 aromatic heterocycles. The van der Waals surface area contributed by atoms with Crippen molar-refractivity contribution in [1.29, 1.82) is 0 Å². The number of benzene rings is 2. The minimum atomic E-state index is 0.656. The summed E-state index contributed by atoms with van der Waals surface area (Å²) in [5, 5.41) is 11.6. The Labute approximate surface area is 118 Å². The van der Waals surface area contributed by atoms with Crippen LogP contribution in [0.1, 0.15) is 12.5 Å². The van der Waals surface area contributed by atoms with Crippen molar-refractivity contribution < 1.29 is 4.74 Å². The van der Waals surface area contributed by atoms with Crippen LogP contribution < -0.4 is 4.74 Å². The van der Waals surface area contributed by atoms with Crippen LogP contribution in [-0.4, -0.2) is 6.21 Å². The maximum absolute atomic E-state index is 5.37. The summed E-state index contributed by atoms with van der Waals surface area (Å²) in [7, 11) is 0. The Morgan fingerprint density at radius 3 is 2.40 bits per heavy atom. The van der Waals surface area contributed by atoms with Crippen molar-refractivity contribution in [3.63, 3.8) is 0 Å². The van der Waals surface area contributed by atoms with Gasteiger partial charge in [-0.15, -0.1) is 10.2 Å². The fraction of sp³-hybridized carbons (Fsp3) is 0.0625. The van der Waals surface area contributed by atoms with Crippen LogP contribution >= 0.6 is 0 Å². The lowest BCUT2D eigenvalue weighted by atomic mass is 10.2. The largest absolute Gasteiger partial charge is 0.463 e. The maximum Gasteiger partial charge on any atom is 0.126 e. The zero-order valence-electron chi connectivity index (χ0n) is 11.2. The summed E-state index contributed by atoms with van der Waals surface area (Å²) in [6.45, 7) is 5.49. The summed E-state index contributed by atoms with van der Waals surface area (Å²) in [4.78, 5) is 0. The van der Waals surface area contributed by atoms with E-state index in [1.807, 2.05) is 54.6 Å². The zero-order valence-corrected chi connectivity index (χ0v) is 11.2. The first-order valence-corrected chi connectivity index (χ1v) is 6.16. The Morgan fingerprint density at radius 2 is 1.75 bits per heavy atom. The first-order chi connectivity index (χ1) is 9.74. The molecule has 20 heavy (non-hydrogen) atoms. The van der Waals surface area contributed by atoms with Gasteiger partial charge in [-0.3, -0.25) is 0 Å². The molecule has 2 rings (SSSR count). The Balaban J connectivity index is 1.94. The molecule has 0 amide bonds. The summed E-state index contributed by atoms with van der Waals surface area (Å²) in [5.41, 5.74) is 1.70. The molecular formula is C16H15N3O. The Kier molecular flexibility index (Phi) is 4.78. The molecule has 0 saturated heterocycles. The minimum absolute atomic E-state index is 0.656. The lowest BCUT2D eigenvalue weighted by molar-refractivity contribution is 0.430. The van der Waals surface area contributed by atoms with Gasteiger partial charge >= 0.3 is 0 Å². The Morgan fingerprint density at radius 1 is 1.05 bits per heavy atom. The highest BCUT2D eigenvalue weighted by Gasteiger charge is 1.93. The van der Waals surface area contributed by atoms with E-state index in [0.717, 1.165) is 17.0 Å². The van der Waals surface area contributed by atoms with E-state index in [0.29, 0.717) is 5.76 Å². The van der Waals surface area contributed by atoms with Crippen molar-refractivity contribution in [3.05, 3.63) is 72.5 Å². The van der Waals surface area contributed by atoms with Crippen molar-refractivity contribution in [2.24, 2.45) is 15.4 Å². The highest BCUT2D eigenvalue weighted by Crippen LogP contribution is 2.14. The van der Waals surface area contributed by atoms with Crippen LogP contribution in [0.2, 0.25) is 0 Å². The number of hydrogen-bond donors (Lipinski definition) is 0. The lowest BCUT2D eigenvalue weighted by Crippen LogP contribution is -1.88. The third-order valence-corrected chi connectivity index (χ3v) is 2.35. The number of nitrogens with zero attached hydrogens (tertiary/aromatic N) is 3. The molecule has 0 fully saturated rings. The molecule has 0 N–H and O–H groups in total. The molecule has 0 unspecified atom stereocenters. The van der Waals surface area contributed by atoms with Gasteiger partial charge in [0.1, 0.15) is 5.75 Å². The topological polar surface area (TPSA) is 46.3 Å². The molecule has 0 aliphatic heterocycles. The first-order valence-electron chi connectivity index (χ1n) is 6.16. The summed E-state index contributed by atoms with van der Waals surface area (Å²) in [5.74, 6) is 1.41. The average molecular weight is 265 g/mol. The number of rotatable bonds is 5. The van der Waals surface area contributed by atoms with Crippen molar-refractivity contribution in [2.45, 2.75) is 6.92 Å². The molecule has 0 atom stereocenters. The van der Waals surface area contributed by atoms with Gasteiger partial charge in [0.25, 0.3) is 0 Å². The van der Waals surface area contributed by atoms with Crippen LogP contribution in [0.15, 0.2) is 82.4 Å². The minimum Gasteiger partial charge on any atom is -0.463 e. The van der Waals surface area contributed by atoms with Gasteiger partial charge in [0, 0.05) is 0 Å². The molecule has 4 heteroatoms. The molecule has 0 aliphatic rings. The molecule has 0 heterocycles. The quantitative estimate of drug-likeness (QED) is 0.334. The highest BCUT2D eigenvalue weighted by atomic mass is 16.5. The van der Waals surface area contributed by atoms with Crippen LogP contribution in [-0.2, 0) is 0 Å². The predicted molar refractivity (Wildman–Crippen MR) is 80.4 cm³/mol. The molecule has 2 aromatic carbocycles. The van der Waals surface area contributed by atoms with Gasteiger partial charge in [-0.05, 0) is 54.1 Å². The molecular weight excluding hydrogens is 250 g/mol. The molecule has 0 bridgehead atoms. The highest BCUT2D eigenvalue weighted by molar-refractivity contribution is 5.79. The van der Waals surface area contributed by atoms with E-state index in [-0.39, 0.29) is 0 Å². The summed E-state index contributed by atoms with van der Waals surface area (Å²) >= 11 is 0. The Hall–Kier alpha value is -2.75. The normalized spacial score (nSPS) is 11.1. The van der Waals surface area contributed by atoms with E-state index < -0.39 is 0 Å². The molecule has 0 radical (unpaired) electrons. The van der Waals surface area contributed by atoms with Crippen LogP contribution in [0.5, 0.6) is 5.75 Å². The van der Waals surface area contributed by atoms with Gasteiger partial charge in [0.2, 0.25) is 0 Å². The molecule has 4 nitrogen and oxygen atoms in total. The van der Waals surface area contributed by atoms with E-state index in [2.05, 4.69) is 22.0 Å². The van der Waals surface area contributed by atoms with Crippen LogP contribution in [0.4, 0.5) is 5.69 Å². The van der Waals surface area contributed by atoms with Crippen LogP contribution in [0.25, 0.3) is 0 Å². The summed E-state index contributed by atoms with van der Waals surface area (Å²) in [6, 6.07) is 16.9. The standard InChI is InChI=1S/C16H15N3O/c1-13(2)20-16-10-8-14(9-11-16)12-17-19-18-15-6-4-3-5-7-15/h3-12H,1H2,2H3/b17-12+,19-18?. The fourth-order valence-electron chi connectivity index (χ4n) is 1.49. The van der Waals surface area contributed by atoms with Crippen LogP contribution in [0, 0.1) is 0 Å². The van der Waals surface area contributed by atoms with E-state index in [9.17, 15) is 0 Å². The lowest BCUT2D eigenvalue weighted by Gasteiger charge is -2.03. The van der Waals surface area contributed by atoms with E-state index >= 15 is 0 Å². The van der Waals surface area contributed by atoms with Crippen molar-refractivity contribution in [2.75, 3.05) is 0 Å². The maximum atomic E-state index is 5.37. The first kappa shape index (κ1) is 13.7. The van der Waals surface area contributed by atoms with Gasteiger partial charge in [0.05, 0.1) is 17.7 Å². The summed E-state index contributed by atoms with van der Waals surface area (Å²) in [6.07, 6.45) is 1.64. The zero-order chi connectivity index (χ0) is 14.2. The number of allylic oxidation sites excluding steroid dienone is 1. The third kappa shape index (κ3) is 4.49. The van der Waals surface area contributed by atoms with Gasteiger partial charge in [-0.1, -0.05) is 24.8 Å². The van der Waals surface area contributed by atoms with Gasteiger partial charge in [0.15, 0.2) is 0 Å². The van der Waals surface area contributed by atoms with Gasteiger partial charge < -0.3 is 4.74 Å². The number of hydrogen-bond acceptors (Lipinski definition) is 3. The molecule has 0 aliphatic carbocycles. The molecule has 0 spiro atoms. The van der Waals surface area contributed by atoms with E-state index in [1.165, 1.54) is 0 Å². The predicted octanol–water partition coefficient (Wildman–Crippen LogP) is 4.72. The Bertz CT molecular complexity index is 616.